The van der Waals surface area contributed by atoms with E-state index in [0.29, 0.717) is 6.54 Å². The summed E-state index contributed by atoms with van der Waals surface area (Å²) in [6, 6.07) is 0. The fourth-order valence-electron chi connectivity index (χ4n) is 1.99. The van der Waals surface area contributed by atoms with Gasteiger partial charge in [-0.25, -0.2) is 4.98 Å². The number of aromatic nitrogens is 1. The minimum atomic E-state index is 0. The lowest BCUT2D eigenvalue weighted by molar-refractivity contribution is -0.125. The Balaban J connectivity index is 0.00000162. The van der Waals surface area contributed by atoms with Crippen LogP contribution in [0, 0.1) is 5.92 Å². The normalized spacial score (nSPS) is 18.1. The highest BCUT2D eigenvalue weighted by Crippen LogP contribution is 2.12. The number of carbonyl (C=O) groups excluding carboxylic acids is 1. The van der Waals surface area contributed by atoms with Crippen molar-refractivity contribution in [3.63, 3.8) is 0 Å². The van der Waals surface area contributed by atoms with Crippen LogP contribution in [0.15, 0.2) is 5.38 Å². The van der Waals surface area contributed by atoms with E-state index in [4.69, 9.17) is 0 Å². The number of thiazole rings is 1. The molecule has 110 valence electrons. The summed E-state index contributed by atoms with van der Waals surface area (Å²) in [7, 11) is 0. The largest absolute Gasteiger partial charge is 0.350 e. The summed E-state index contributed by atoms with van der Waals surface area (Å²) in [5, 5.41) is 9.38. The van der Waals surface area contributed by atoms with Gasteiger partial charge in [0.1, 0.15) is 0 Å². The summed E-state index contributed by atoms with van der Waals surface area (Å²) in [5.74, 6) is 0.288. The minimum absolute atomic E-state index is 0. The van der Waals surface area contributed by atoms with E-state index in [0.717, 1.165) is 43.1 Å². The molecule has 0 bridgehead atoms. The third-order valence-corrected chi connectivity index (χ3v) is 4.06. The van der Waals surface area contributed by atoms with E-state index in [1.165, 1.54) is 0 Å². The molecule has 0 aromatic carbocycles. The van der Waals surface area contributed by atoms with Crippen LogP contribution in [0.2, 0.25) is 0 Å². The zero-order valence-corrected chi connectivity index (χ0v) is 13.4. The fraction of sp³-hybridized carbons (Fsp3) is 0.667. The molecular weight excluding hydrogens is 305 g/mol. The van der Waals surface area contributed by atoms with Gasteiger partial charge in [-0.2, -0.15) is 0 Å². The average Bonchev–Trinajstić information content (AvgIpc) is 2.85. The van der Waals surface area contributed by atoms with Gasteiger partial charge in [0.2, 0.25) is 5.91 Å². The molecule has 0 spiro atoms. The minimum Gasteiger partial charge on any atom is -0.350 e. The highest BCUT2D eigenvalue weighted by Gasteiger charge is 2.20. The van der Waals surface area contributed by atoms with Crippen LogP contribution in [-0.4, -0.2) is 24.0 Å². The molecule has 0 unspecified atom stereocenters. The van der Waals surface area contributed by atoms with E-state index in [9.17, 15) is 4.79 Å². The summed E-state index contributed by atoms with van der Waals surface area (Å²) in [6.07, 6.45) is 3.05. The number of rotatable bonds is 4. The maximum atomic E-state index is 11.9. The van der Waals surface area contributed by atoms with Crippen LogP contribution in [0.1, 0.15) is 30.5 Å². The van der Waals surface area contributed by atoms with Crippen molar-refractivity contribution in [3.05, 3.63) is 16.1 Å². The standard InChI is InChI=1S/C12H19N3OS.2ClH/c1-2-11-15-10(8-17-11)7-14-12(16)9-4-3-5-13-6-9;;/h8-9,13H,2-7H2,1H3,(H,14,16);2*1H/t9-;;/m1../s1. The molecule has 0 saturated carbocycles. The fourth-order valence-corrected chi connectivity index (χ4v) is 2.73. The molecule has 1 fully saturated rings. The van der Waals surface area contributed by atoms with Crippen LogP contribution < -0.4 is 10.6 Å². The van der Waals surface area contributed by atoms with Gasteiger partial charge in [0.05, 0.1) is 23.2 Å². The zero-order valence-electron chi connectivity index (χ0n) is 11.0. The van der Waals surface area contributed by atoms with Gasteiger partial charge in [-0.1, -0.05) is 6.92 Å². The Kier molecular flexibility index (Phi) is 9.35. The Morgan fingerprint density at radius 2 is 2.37 bits per heavy atom. The molecule has 1 saturated heterocycles. The van der Waals surface area contributed by atoms with Gasteiger partial charge in [0.15, 0.2) is 0 Å². The first kappa shape index (κ1) is 18.6. The van der Waals surface area contributed by atoms with Crippen molar-refractivity contribution >= 4 is 42.1 Å². The maximum absolute atomic E-state index is 11.9. The van der Waals surface area contributed by atoms with Gasteiger partial charge in [-0.05, 0) is 25.8 Å². The lowest BCUT2D eigenvalue weighted by atomic mass is 9.99. The molecule has 1 aromatic rings. The van der Waals surface area contributed by atoms with Gasteiger partial charge in [-0.15, -0.1) is 36.2 Å². The highest BCUT2D eigenvalue weighted by molar-refractivity contribution is 7.09. The van der Waals surface area contributed by atoms with Crippen LogP contribution in [0.5, 0.6) is 0 Å². The Morgan fingerprint density at radius 1 is 1.58 bits per heavy atom. The van der Waals surface area contributed by atoms with Gasteiger partial charge < -0.3 is 10.6 Å². The predicted molar refractivity (Wildman–Crippen MR) is 83.4 cm³/mol. The van der Waals surface area contributed by atoms with Gasteiger partial charge >= 0.3 is 0 Å². The molecule has 1 aromatic heterocycles. The van der Waals surface area contributed by atoms with Crippen molar-refractivity contribution in [2.45, 2.75) is 32.7 Å². The van der Waals surface area contributed by atoms with Crippen LogP contribution in [-0.2, 0) is 17.8 Å². The van der Waals surface area contributed by atoms with Crippen molar-refractivity contribution in [2.75, 3.05) is 13.1 Å². The number of nitrogens with one attached hydrogen (secondary N) is 2. The zero-order chi connectivity index (χ0) is 12.1. The maximum Gasteiger partial charge on any atom is 0.224 e. The van der Waals surface area contributed by atoms with Gasteiger partial charge in [0, 0.05) is 11.9 Å². The summed E-state index contributed by atoms with van der Waals surface area (Å²) >= 11 is 1.66. The van der Waals surface area contributed by atoms with Crippen molar-refractivity contribution in [3.8, 4) is 0 Å². The topological polar surface area (TPSA) is 54.0 Å². The molecule has 4 nitrogen and oxygen atoms in total. The van der Waals surface area contributed by atoms with Crippen molar-refractivity contribution in [1.29, 1.82) is 0 Å². The summed E-state index contributed by atoms with van der Waals surface area (Å²) in [4.78, 5) is 16.3. The predicted octanol–water partition coefficient (Wildman–Crippen LogP) is 2.16. The van der Waals surface area contributed by atoms with E-state index in [2.05, 4.69) is 22.5 Å². The van der Waals surface area contributed by atoms with Crippen molar-refractivity contribution < 1.29 is 4.79 Å². The van der Waals surface area contributed by atoms with Gasteiger partial charge in [-0.3, -0.25) is 4.79 Å². The number of hydrogen-bond donors (Lipinski definition) is 2. The number of hydrogen-bond acceptors (Lipinski definition) is 4. The Labute approximate surface area is 130 Å². The molecule has 1 atom stereocenters. The van der Waals surface area contributed by atoms with Gasteiger partial charge in [0.25, 0.3) is 0 Å². The Hall–Kier alpha value is -0.360. The number of nitrogens with zero attached hydrogens (tertiary/aromatic N) is 1. The molecule has 19 heavy (non-hydrogen) atoms. The first-order valence-corrected chi connectivity index (χ1v) is 7.09. The molecular formula is C12H21Cl2N3OS. The quantitative estimate of drug-likeness (QED) is 0.892. The molecule has 2 N–H and O–H groups in total. The molecule has 1 aliphatic rings. The summed E-state index contributed by atoms with van der Waals surface area (Å²) in [5.41, 5.74) is 0.976. The summed E-state index contributed by atoms with van der Waals surface area (Å²) < 4.78 is 0. The second-order valence-electron chi connectivity index (χ2n) is 4.35. The highest BCUT2D eigenvalue weighted by atomic mass is 35.5. The molecule has 1 amide bonds. The number of piperidine rings is 1. The van der Waals surface area contributed by atoms with E-state index < -0.39 is 0 Å². The monoisotopic (exact) mass is 325 g/mol. The molecule has 0 radical (unpaired) electrons. The first-order valence-electron chi connectivity index (χ1n) is 6.21. The third kappa shape index (κ3) is 5.65. The van der Waals surface area contributed by atoms with E-state index in [1.54, 1.807) is 11.3 Å². The smallest absolute Gasteiger partial charge is 0.224 e. The Bertz CT molecular complexity index is 381. The Morgan fingerprint density at radius 3 is 2.95 bits per heavy atom. The second-order valence-corrected chi connectivity index (χ2v) is 5.29. The lowest BCUT2D eigenvalue weighted by Crippen LogP contribution is -2.40. The van der Waals surface area contributed by atoms with Crippen molar-refractivity contribution in [2.24, 2.45) is 5.92 Å². The van der Waals surface area contributed by atoms with Crippen molar-refractivity contribution in [1.82, 2.24) is 15.6 Å². The third-order valence-electron chi connectivity index (χ3n) is 3.01. The molecule has 0 aliphatic carbocycles. The molecule has 2 rings (SSSR count). The molecule has 2 heterocycles. The van der Waals surface area contributed by atoms with E-state index >= 15 is 0 Å². The average molecular weight is 326 g/mol. The second kappa shape index (κ2) is 9.53. The first-order chi connectivity index (χ1) is 8.29. The van der Waals surface area contributed by atoms with Crippen LogP contribution >= 0.6 is 36.2 Å². The lowest BCUT2D eigenvalue weighted by Gasteiger charge is -2.21. The van der Waals surface area contributed by atoms with Crippen LogP contribution in [0.25, 0.3) is 0 Å². The SMILES string of the molecule is CCc1nc(CNC(=O)[C@@H]2CCCNC2)cs1.Cl.Cl. The number of halogens is 2. The molecule has 1 aliphatic heterocycles. The van der Waals surface area contributed by atoms with Crippen LogP contribution in [0.3, 0.4) is 0 Å². The van der Waals surface area contributed by atoms with Crippen LogP contribution in [0.4, 0.5) is 0 Å². The van der Waals surface area contributed by atoms with E-state index in [-0.39, 0.29) is 36.6 Å². The number of carbonyl (C=O) groups is 1. The summed E-state index contributed by atoms with van der Waals surface area (Å²) in [6.45, 7) is 4.50. The van der Waals surface area contributed by atoms with E-state index in [1.807, 2.05) is 5.38 Å². The number of amides is 1. The molecule has 7 heteroatoms. The number of aryl methyl sites for hydroxylation is 1.